The summed E-state index contributed by atoms with van der Waals surface area (Å²) in [6, 6.07) is 11.9. The Morgan fingerprint density at radius 2 is 1.83 bits per heavy atom. The summed E-state index contributed by atoms with van der Waals surface area (Å²) in [5, 5.41) is 7.18. The lowest BCUT2D eigenvalue weighted by molar-refractivity contribution is 0.361. The number of nitrogens with zero attached hydrogens (tertiary/aromatic N) is 4. The van der Waals surface area contributed by atoms with Gasteiger partial charge in [-0.25, -0.2) is 4.98 Å². The second kappa shape index (κ2) is 10.3. The molecule has 7 heteroatoms. The Hall–Kier alpha value is -3.09. The van der Waals surface area contributed by atoms with Crippen LogP contribution in [0.15, 0.2) is 59.5 Å². The van der Waals surface area contributed by atoms with Crippen LogP contribution in [0.2, 0.25) is 0 Å². The first-order valence-electron chi connectivity index (χ1n) is 12.7. The van der Waals surface area contributed by atoms with Gasteiger partial charge in [0.1, 0.15) is 11.1 Å². The van der Waals surface area contributed by atoms with Gasteiger partial charge in [-0.15, -0.1) is 9.81 Å². The van der Waals surface area contributed by atoms with E-state index in [9.17, 15) is 9.81 Å². The lowest BCUT2D eigenvalue weighted by atomic mass is 9.83. The lowest BCUT2D eigenvalue weighted by Gasteiger charge is -2.28. The number of hydrogen-bond acceptors (Lipinski definition) is 7. The van der Waals surface area contributed by atoms with Gasteiger partial charge in [0, 0.05) is 36.6 Å². The van der Waals surface area contributed by atoms with E-state index >= 15 is 0 Å². The number of benzene rings is 1. The summed E-state index contributed by atoms with van der Waals surface area (Å²) in [5.74, 6) is 1.30. The summed E-state index contributed by atoms with van der Waals surface area (Å²) in [4.78, 5) is 30.4. The highest BCUT2D eigenvalue weighted by Gasteiger charge is 2.51. The number of hydrogen-bond donors (Lipinski definition) is 0. The van der Waals surface area contributed by atoms with Crippen molar-refractivity contribution in [2.75, 3.05) is 20.2 Å². The molecule has 2 fully saturated rings. The molecule has 2 heterocycles. The fourth-order valence-corrected chi connectivity index (χ4v) is 6.02. The molecule has 3 unspecified atom stereocenters. The van der Waals surface area contributed by atoms with Gasteiger partial charge >= 0.3 is 0 Å². The van der Waals surface area contributed by atoms with E-state index in [1.54, 1.807) is 19.4 Å². The SMILES string of the molecule is C=C(c1ccc(C(CC)(CCCC)N=O)cc1)N1CC2CC(N=O)(c3ccc(OC)nc3)CC2C1. The van der Waals surface area contributed by atoms with Gasteiger partial charge in [0.25, 0.3) is 0 Å². The predicted octanol–water partition coefficient (Wildman–Crippen LogP) is 6.63. The average molecular weight is 477 g/mol. The third-order valence-corrected chi connectivity index (χ3v) is 8.27. The zero-order valence-electron chi connectivity index (χ0n) is 21.1. The minimum absolute atomic E-state index is 0.381. The highest BCUT2D eigenvalue weighted by atomic mass is 16.5. The molecule has 0 spiro atoms. The number of rotatable bonds is 11. The molecule has 1 aliphatic heterocycles. The van der Waals surface area contributed by atoms with Crippen LogP contribution in [-0.2, 0) is 11.1 Å². The van der Waals surface area contributed by atoms with Crippen molar-refractivity contribution < 1.29 is 4.74 Å². The third kappa shape index (κ3) is 4.60. The summed E-state index contributed by atoms with van der Waals surface area (Å²) < 4.78 is 5.15. The van der Waals surface area contributed by atoms with E-state index in [0.717, 1.165) is 67.6 Å². The highest BCUT2D eigenvalue weighted by molar-refractivity contribution is 5.62. The van der Waals surface area contributed by atoms with Crippen LogP contribution in [0.4, 0.5) is 0 Å². The predicted molar refractivity (Wildman–Crippen MR) is 139 cm³/mol. The van der Waals surface area contributed by atoms with Crippen molar-refractivity contribution in [2.24, 2.45) is 22.2 Å². The fraction of sp³-hybridized carbons (Fsp3) is 0.536. The monoisotopic (exact) mass is 476 g/mol. The number of ether oxygens (including phenoxy) is 1. The molecule has 35 heavy (non-hydrogen) atoms. The molecule has 1 aromatic carbocycles. The molecule has 7 nitrogen and oxygen atoms in total. The van der Waals surface area contributed by atoms with E-state index in [-0.39, 0.29) is 0 Å². The van der Waals surface area contributed by atoms with Crippen molar-refractivity contribution in [1.82, 2.24) is 9.88 Å². The van der Waals surface area contributed by atoms with E-state index in [1.807, 2.05) is 25.1 Å². The average Bonchev–Trinajstić information content (AvgIpc) is 3.47. The maximum Gasteiger partial charge on any atom is 0.212 e. The number of aromatic nitrogens is 1. The lowest BCUT2D eigenvalue weighted by Crippen LogP contribution is -2.26. The van der Waals surface area contributed by atoms with Gasteiger partial charge in [-0.05, 0) is 54.7 Å². The molecular weight excluding hydrogens is 440 g/mol. The molecule has 2 aliphatic rings. The van der Waals surface area contributed by atoms with Crippen molar-refractivity contribution in [3.63, 3.8) is 0 Å². The van der Waals surface area contributed by atoms with Crippen molar-refractivity contribution >= 4 is 5.70 Å². The van der Waals surface area contributed by atoms with Crippen LogP contribution in [-0.4, -0.2) is 30.1 Å². The Kier molecular flexibility index (Phi) is 7.33. The van der Waals surface area contributed by atoms with Crippen LogP contribution in [0.5, 0.6) is 5.88 Å². The summed E-state index contributed by atoms with van der Waals surface area (Å²) in [5.41, 5.74) is 2.52. The number of pyridine rings is 1. The number of methoxy groups -OCH3 is 1. The van der Waals surface area contributed by atoms with Gasteiger partial charge in [0.05, 0.1) is 7.11 Å². The van der Waals surface area contributed by atoms with E-state index < -0.39 is 11.1 Å². The van der Waals surface area contributed by atoms with Gasteiger partial charge in [-0.2, -0.15) is 0 Å². The third-order valence-electron chi connectivity index (χ3n) is 8.27. The molecule has 0 radical (unpaired) electrons. The zero-order chi connectivity index (χ0) is 25.1. The van der Waals surface area contributed by atoms with Crippen LogP contribution >= 0.6 is 0 Å². The van der Waals surface area contributed by atoms with Crippen LogP contribution in [0.25, 0.3) is 5.70 Å². The first-order chi connectivity index (χ1) is 16.9. The molecule has 2 aromatic rings. The van der Waals surface area contributed by atoms with Crippen LogP contribution in [0.3, 0.4) is 0 Å². The number of fused-ring (bicyclic) bond motifs is 1. The smallest absolute Gasteiger partial charge is 0.212 e. The molecule has 3 atom stereocenters. The Labute approximate surface area is 207 Å². The molecule has 0 amide bonds. The molecule has 186 valence electrons. The Balaban J connectivity index is 1.44. The zero-order valence-corrected chi connectivity index (χ0v) is 21.1. The van der Waals surface area contributed by atoms with Crippen LogP contribution < -0.4 is 4.74 Å². The van der Waals surface area contributed by atoms with Crippen LogP contribution in [0.1, 0.15) is 69.1 Å². The summed E-state index contributed by atoms with van der Waals surface area (Å²) in [7, 11) is 1.58. The van der Waals surface area contributed by atoms with E-state index in [2.05, 4.69) is 45.9 Å². The van der Waals surface area contributed by atoms with E-state index in [4.69, 9.17) is 4.74 Å². The summed E-state index contributed by atoms with van der Waals surface area (Å²) >= 11 is 0. The first kappa shape index (κ1) is 25.0. The number of unbranched alkanes of at least 4 members (excludes halogenated alkanes) is 1. The molecule has 0 N–H and O–H groups in total. The fourth-order valence-electron chi connectivity index (χ4n) is 6.02. The van der Waals surface area contributed by atoms with Gasteiger partial charge in [-0.3, -0.25) is 0 Å². The highest BCUT2D eigenvalue weighted by Crippen LogP contribution is 2.52. The Morgan fingerprint density at radius 1 is 1.14 bits per heavy atom. The van der Waals surface area contributed by atoms with Crippen LogP contribution in [0, 0.1) is 21.6 Å². The van der Waals surface area contributed by atoms with Crippen molar-refractivity contribution in [2.45, 2.75) is 63.5 Å². The van der Waals surface area contributed by atoms with Crippen molar-refractivity contribution in [3.8, 4) is 5.88 Å². The minimum atomic E-state index is -0.715. The number of nitroso groups, excluding NO2 is 2. The molecule has 1 saturated heterocycles. The quantitative estimate of drug-likeness (QED) is 0.340. The largest absolute Gasteiger partial charge is 0.481 e. The topological polar surface area (TPSA) is 84.2 Å². The van der Waals surface area contributed by atoms with Gasteiger partial charge < -0.3 is 9.64 Å². The molecule has 4 rings (SSSR count). The minimum Gasteiger partial charge on any atom is -0.481 e. The molecular formula is C28H36N4O3. The molecule has 1 aliphatic carbocycles. The maximum absolute atomic E-state index is 12.0. The molecule has 1 aromatic heterocycles. The maximum atomic E-state index is 12.0. The number of likely N-dealkylation sites (tertiary alicyclic amines) is 1. The normalized spacial score (nSPS) is 25.1. The van der Waals surface area contributed by atoms with Gasteiger partial charge in [0.2, 0.25) is 5.88 Å². The van der Waals surface area contributed by atoms with E-state index in [0.29, 0.717) is 24.1 Å². The molecule has 0 bridgehead atoms. The first-order valence-corrected chi connectivity index (χ1v) is 12.7. The Bertz CT molecular complexity index is 1040. The van der Waals surface area contributed by atoms with Gasteiger partial charge in [0.15, 0.2) is 0 Å². The second-order valence-corrected chi connectivity index (χ2v) is 10.1. The Morgan fingerprint density at radius 3 is 2.31 bits per heavy atom. The standard InChI is InChI=1S/C28H36N4O3/c1-5-7-14-27(6-2,30-33)24-10-8-21(9-11-24)20(3)32-18-22-15-28(31-34,16-23(22)19-32)25-12-13-26(35-4)29-17-25/h8-13,17,22-23H,3,5-7,14-16,18-19H2,1-2,4H3. The molecule has 1 saturated carbocycles. The van der Waals surface area contributed by atoms with Crippen molar-refractivity contribution in [1.29, 1.82) is 0 Å². The summed E-state index contributed by atoms with van der Waals surface area (Å²) in [6.45, 7) is 10.3. The van der Waals surface area contributed by atoms with Gasteiger partial charge in [-0.1, -0.05) is 67.9 Å². The van der Waals surface area contributed by atoms with Crippen molar-refractivity contribution in [3.05, 3.63) is 75.7 Å². The second-order valence-electron chi connectivity index (χ2n) is 10.1. The summed E-state index contributed by atoms with van der Waals surface area (Å²) in [6.07, 6.45) is 6.66. The van der Waals surface area contributed by atoms with E-state index in [1.165, 1.54) is 0 Å².